The largest absolute Gasteiger partial charge is 1.00 e. The Labute approximate surface area is 241 Å². The third-order valence-electron chi connectivity index (χ3n) is 6.55. The average molecular weight is 522 g/mol. The first-order valence-electron chi connectivity index (χ1n) is 12.2. The van der Waals surface area contributed by atoms with Gasteiger partial charge in [-0.15, -0.1) is 0 Å². The summed E-state index contributed by atoms with van der Waals surface area (Å²) in [5.74, 6) is -0.799. The van der Waals surface area contributed by atoms with Crippen LogP contribution in [0.5, 0.6) is 0 Å². The molecule has 38 heavy (non-hydrogen) atoms. The molecular weight excluding hydrogens is 489 g/mol. The van der Waals surface area contributed by atoms with Gasteiger partial charge in [-0.1, -0.05) is 66.7 Å². The molecule has 2 unspecified atom stereocenters. The number of aryl methyl sites for hydroxylation is 1. The minimum Gasteiger partial charge on any atom is -1.00 e. The first-order chi connectivity index (χ1) is 17.9. The van der Waals surface area contributed by atoms with Crippen LogP contribution in [0.15, 0.2) is 84.9 Å². The average Bonchev–Trinajstić information content (AvgIpc) is 2.91. The second-order valence-corrected chi connectivity index (χ2v) is 9.97. The number of aliphatic carboxylic acids is 1. The summed E-state index contributed by atoms with van der Waals surface area (Å²) in [5.41, 5.74) is 5.03. The van der Waals surface area contributed by atoms with Gasteiger partial charge in [-0.05, 0) is 82.1 Å². The van der Waals surface area contributed by atoms with Gasteiger partial charge in [0.15, 0.2) is 0 Å². The van der Waals surface area contributed by atoms with Crippen molar-refractivity contribution in [3.63, 3.8) is 0 Å². The summed E-state index contributed by atoms with van der Waals surface area (Å²) in [7, 11) is 1.68. The molecule has 0 aliphatic rings. The van der Waals surface area contributed by atoms with Gasteiger partial charge in [-0.2, -0.15) is 11.8 Å². The number of rotatable bonds is 10. The number of methoxy groups -OCH3 is 1. The molecule has 0 bridgehead atoms. The molecule has 5 nitrogen and oxygen atoms in total. The van der Waals surface area contributed by atoms with Crippen LogP contribution >= 0.6 is 11.8 Å². The van der Waals surface area contributed by atoms with E-state index < -0.39 is 17.9 Å². The standard InChI is InChI=1S/C31H31NO4S.Li.H/c1-20-8-4-7-11-25(20)27-19-24(14-15-26(27)30(33)32-28(31(34)35)16-17-37-3)29(36-2)23-13-12-21-9-5-6-10-22(21)18-23;;/h4-15,18-19,28-29H,16-17H2,1-3H3,(H,32,33)(H,34,35);;/q;+1;-1. The van der Waals surface area contributed by atoms with E-state index in [9.17, 15) is 14.7 Å². The number of amides is 1. The van der Waals surface area contributed by atoms with Gasteiger partial charge in [0.25, 0.3) is 5.91 Å². The Morgan fingerprint density at radius 2 is 1.58 bits per heavy atom. The number of carboxylic acid groups (broad SMARTS) is 1. The molecule has 0 fully saturated rings. The van der Waals surface area contributed by atoms with Crippen LogP contribution in [0.2, 0.25) is 0 Å². The van der Waals surface area contributed by atoms with Crippen LogP contribution in [-0.2, 0) is 9.53 Å². The van der Waals surface area contributed by atoms with Crippen LogP contribution in [0.1, 0.15) is 41.0 Å². The maximum atomic E-state index is 13.4. The Morgan fingerprint density at radius 3 is 2.26 bits per heavy atom. The van der Waals surface area contributed by atoms with Crippen molar-refractivity contribution in [2.75, 3.05) is 19.1 Å². The molecule has 2 N–H and O–H groups in total. The Morgan fingerprint density at radius 1 is 0.921 bits per heavy atom. The predicted molar refractivity (Wildman–Crippen MR) is 152 cm³/mol. The number of ether oxygens (including phenoxy) is 1. The summed E-state index contributed by atoms with van der Waals surface area (Å²) in [6, 6.07) is 27.0. The maximum absolute atomic E-state index is 13.4. The number of fused-ring (bicyclic) bond motifs is 1. The van der Waals surface area contributed by atoms with Crippen molar-refractivity contribution >= 4 is 34.4 Å². The summed E-state index contributed by atoms with van der Waals surface area (Å²) in [6.07, 6.45) is 1.93. The van der Waals surface area contributed by atoms with E-state index in [1.807, 2.05) is 61.7 Å². The Bertz CT molecular complexity index is 1430. The van der Waals surface area contributed by atoms with E-state index >= 15 is 0 Å². The molecule has 4 aromatic carbocycles. The van der Waals surface area contributed by atoms with Crippen LogP contribution < -0.4 is 24.2 Å². The molecule has 4 rings (SSSR count). The van der Waals surface area contributed by atoms with Crippen LogP contribution in [0.4, 0.5) is 0 Å². The normalized spacial score (nSPS) is 12.4. The topological polar surface area (TPSA) is 75.6 Å². The van der Waals surface area contributed by atoms with E-state index in [4.69, 9.17) is 4.74 Å². The van der Waals surface area contributed by atoms with Gasteiger partial charge in [-0.3, -0.25) is 4.79 Å². The van der Waals surface area contributed by atoms with E-state index in [2.05, 4.69) is 35.6 Å². The minimum atomic E-state index is -1.03. The number of thioether (sulfide) groups is 1. The van der Waals surface area contributed by atoms with Gasteiger partial charge in [0.05, 0.1) is 0 Å². The summed E-state index contributed by atoms with van der Waals surface area (Å²) in [4.78, 5) is 25.2. The third kappa shape index (κ3) is 6.70. The van der Waals surface area contributed by atoms with Gasteiger partial charge in [-0.25, -0.2) is 4.79 Å². The monoisotopic (exact) mass is 521 g/mol. The summed E-state index contributed by atoms with van der Waals surface area (Å²) in [6.45, 7) is 2.00. The molecule has 0 radical (unpaired) electrons. The molecule has 192 valence electrons. The molecular formula is C31H32LiNO4S. The van der Waals surface area contributed by atoms with Gasteiger partial charge < -0.3 is 16.6 Å². The van der Waals surface area contributed by atoms with Gasteiger partial charge in [0, 0.05) is 12.7 Å². The zero-order valence-electron chi connectivity index (χ0n) is 23.2. The van der Waals surface area contributed by atoms with Gasteiger partial charge in [0.2, 0.25) is 0 Å². The second-order valence-electron chi connectivity index (χ2n) is 8.99. The molecule has 2 atom stereocenters. The number of hydrogen-bond donors (Lipinski definition) is 2. The van der Waals surface area contributed by atoms with E-state index in [0.717, 1.165) is 38.6 Å². The predicted octanol–water partition coefficient (Wildman–Crippen LogP) is 3.60. The molecule has 0 aromatic heterocycles. The van der Waals surface area contributed by atoms with E-state index in [1.54, 1.807) is 24.9 Å². The van der Waals surface area contributed by atoms with Crippen LogP contribution in [0, 0.1) is 6.92 Å². The molecule has 0 saturated carbocycles. The molecule has 0 saturated heterocycles. The number of carboxylic acids is 1. The van der Waals surface area contributed by atoms with Crippen molar-refractivity contribution in [2.24, 2.45) is 0 Å². The van der Waals surface area contributed by atoms with E-state index in [-0.39, 0.29) is 26.4 Å². The summed E-state index contributed by atoms with van der Waals surface area (Å²) < 4.78 is 5.95. The Kier molecular flexibility index (Phi) is 10.6. The number of carbonyl (C=O) groups is 2. The van der Waals surface area contributed by atoms with Crippen LogP contribution in [-0.4, -0.2) is 42.1 Å². The fraction of sp³-hybridized carbons (Fsp3) is 0.226. The van der Waals surface area contributed by atoms with Gasteiger partial charge >= 0.3 is 24.8 Å². The molecule has 0 aliphatic carbocycles. The number of benzene rings is 4. The maximum Gasteiger partial charge on any atom is 1.00 e. The molecule has 7 heteroatoms. The van der Waals surface area contributed by atoms with Crippen molar-refractivity contribution in [2.45, 2.75) is 25.5 Å². The van der Waals surface area contributed by atoms with Crippen molar-refractivity contribution in [1.82, 2.24) is 5.32 Å². The fourth-order valence-corrected chi connectivity index (χ4v) is 5.06. The minimum absolute atomic E-state index is 0. The van der Waals surface area contributed by atoms with E-state index in [0.29, 0.717) is 17.7 Å². The van der Waals surface area contributed by atoms with Crippen LogP contribution in [0.3, 0.4) is 0 Å². The summed E-state index contributed by atoms with van der Waals surface area (Å²) in [5, 5.41) is 14.6. The molecule has 0 aliphatic heterocycles. The molecule has 0 spiro atoms. The Hall–Kier alpha value is -3.01. The summed E-state index contributed by atoms with van der Waals surface area (Å²) >= 11 is 1.55. The smallest absolute Gasteiger partial charge is 1.00 e. The molecule has 4 aromatic rings. The SMILES string of the molecule is COC(c1ccc(C(=O)NC(CCSC)C(=O)O)c(-c2ccccc2C)c1)c1ccc2ccccc2c1.[H-].[Li+]. The molecule has 1 amide bonds. The van der Waals surface area contributed by atoms with Crippen molar-refractivity contribution in [1.29, 1.82) is 0 Å². The van der Waals surface area contributed by atoms with Crippen molar-refractivity contribution in [3.05, 3.63) is 107 Å². The van der Waals surface area contributed by atoms with Gasteiger partial charge in [0.1, 0.15) is 12.1 Å². The number of carbonyl (C=O) groups excluding carboxylic acids is 1. The third-order valence-corrected chi connectivity index (χ3v) is 7.20. The second kappa shape index (κ2) is 13.7. The quantitative estimate of drug-likeness (QED) is 0.312. The van der Waals surface area contributed by atoms with Crippen molar-refractivity contribution < 1.29 is 39.7 Å². The van der Waals surface area contributed by atoms with E-state index in [1.165, 1.54) is 0 Å². The number of hydrogen-bond acceptors (Lipinski definition) is 4. The fourth-order valence-electron chi connectivity index (χ4n) is 4.59. The Balaban J connectivity index is 0.00000267. The first-order valence-corrected chi connectivity index (χ1v) is 13.6. The number of nitrogens with one attached hydrogen (secondary N) is 1. The first kappa shape index (κ1) is 29.5. The van der Waals surface area contributed by atoms with Crippen molar-refractivity contribution in [3.8, 4) is 11.1 Å². The zero-order valence-corrected chi connectivity index (χ0v) is 23.0. The van der Waals surface area contributed by atoms with Crippen LogP contribution in [0.25, 0.3) is 21.9 Å². The molecule has 0 heterocycles. The zero-order chi connectivity index (χ0) is 26.4.